The molecule has 1 aliphatic carbocycles. The van der Waals surface area contributed by atoms with Crippen molar-refractivity contribution in [2.45, 2.75) is 38.8 Å². The highest BCUT2D eigenvalue weighted by atomic mass is 16.6. The third-order valence-electron chi connectivity index (χ3n) is 6.10. The lowest BCUT2D eigenvalue weighted by atomic mass is 10.0. The van der Waals surface area contributed by atoms with Gasteiger partial charge in [0.25, 0.3) is 0 Å². The second-order valence-electron chi connectivity index (χ2n) is 8.51. The van der Waals surface area contributed by atoms with Gasteiger partial charge in [0.05, 0.1) is 36.8 Å². The number of benzene rings is 2. The Morgan fingerprint density at radius 2 is 1.79 bits per heavy atom. The van der Waals surface area contributed by atoms with Gasteiger partial charge in [0.2, 0.25) is 5.91 Å². The van der Waals surface area contributed by atoms with Gasteiger partial charge in [-0.2, -0.15) is 5.10 Å². The van der Waals surface area contributed by atoms with E-state index in [0.717, 1.165) is 24.0 Å². The molecule has 8 heteroatoms. The zero-order valence-electron chi connectivity index (χ0n) is 18.9. The standard InChI is InChI=1S/C25H26N4O4/c1-16-14-27(25(31)33-24-7-5-4-6-23(24)32-3)22-12-18(8-11-21(22)29(16)17(2)30)19-13-26-28(15-19)20-9-10-20/h4-8,11-13,15-16,20H,9-10,14H2,1-3H3/t16-/m0/s1. The Morgan fingerprint density at radius 3 is 2.48 bits per heavy atom. The van der Waals surface area contributed by atoms with Gasteiger partial charge in [0.15, 0.2) is 11.5 Å². The molecule has 3 aromatic rings. The Kier molecular flexibility index (Phi) is 5.28. The van der Waals surface area contributed by atoms with Gasteiger partial charge in [-0.3, -0.25) is 14.4 Å². The van der Waals surface area contributed by atoms with Crippen molar-refractivity contribution in [3.05, 3.63) is 54.9 Å². The molecule has 5 rings (SSSR count). The molecule has 0 bridgehead atoms. The van der Waals surface area contributed by atoms with Crippen LogP contribution in [0.3, 0.4) is 0 Å². The van der Waals surface area contributed by atoms with Crippen molar-refractivity contribution in [2.24, 2.45) is 0 Å². The lowest BCUT2D eigenvalue weighted by molar-refractivity contribution is -0.117. The summed E-state index contributed by atoms with van der Waals surface area (Å²) in [6.07, 6.45) is 5.65. The zero-order chi connectivity index (χ0) is 23.1. The summed E-state index contributed by atoms with van der Waals surface area (Å²) in [6, 6.07) is 13.1. The number of amides is 2. The third kappa shape index (κ3) is 3.92. The molecule has 2 amide bonds. The summed E-state index contributed by atoms with van der Waals surface area (Å²) >= 11 is 0. The maximum Gasteiger partial charge on any atom is 0.420 e. The lowest BCUT2D eigenvalue weighted by Crippen LogP contribution is -2.52. The topological polar surface area (TPSA) is 76.9 Å². The van der Waals surface area contributed by atoms with Gasteiger partial charge in [-0.25, -0.2) is 4.79 Å². The van der Waals surface area contributed by atoms with E-state index in [2.05, 4.69) is 5.10 Å². The number of anilines is 2. The van der Waals surface area contributed by atoms with Crippen molar-refractivity contribution in [1.82, 2.24) is 9.78 Å². The molecule has 0 spiro atoms. The number of carbonyl (C=O) groups is 2. The summed E-state index contributed by atoms with van der Waals surface area (Å²) < 4.78 is 13.0. The van der Waals surface area contributed by atoms with Crippen LogP contribution in [0.25, 0.3) is 11.1 Å². The monoisotopic (exact) mass is 446 g/mol. The van der Waals surface area contributed by atoms with E-state index < -0.39 is 6.09 Å². The number of aromatic nitrogens is 2. The number of methoxy groups -OCH3 is 1. The molecule has 1 atom stereocenters. The average molecular weight is 447 g/mol. The van der Waals surface area contributed by atoms with Gasteiger partial charge >= 0.3 is 6.09 Å². The van der Waals surface area contributed by atoms with Crippen LogP contribution in [0.2, 0.25) is 0 Å². The number of hydrogen-bond acceptors (Lipinski definition) is 5. The summed E-state index contributed by atoms with van der Waals surface area (Å²) in [6.45, 7) is 3.77. The summed E-state index contributed by atoms with van der Waals surface area (Å²) in [4.78, 5) is 29.0. The van der Waals surface area contributed by atoms with Crippen LogP contribution < -0.4 is 19.3 Å². The zero-order valence-corrected chi connectivity index (χ0v) is 18.9. The molecule has 0 radical (unpaired) electrons. The number of carbonyl (C=O) groups excluding carboxylic acids is 2. The van der Waals surface area contributed by atoms with Crippen LogP contribution in [0, 0.1) is 0 Å². The highest BCUT2D eigenvalue weighted by Crippen LogP contribution is 2.40. The first-order valence-electron chi connectivity index (χ1n) is 11.1. The Hall–Kier alpha value is -3.81. The summed E-state index contributed by atoms with van der Waals surface area (Å²) in [5.41, 5.74) is 3.20. The molecular weight excluding hydrogens is 420 g/mol. The molecule has 0 saturated heterocycles. The van der Waals surface area contributed by atoms with Crippen molar-refractivity contribution in [1.29, 1.82) is 0 Å². The molecule has 2 aliphatic rings. The number of para-hydroxylation sites is 2. The van der Waals surface area contributed by atoms with Crippen molar-refractivity contribution in [3.8, 4) is 22.6 Å². The van der Waals surface area contributed by atoms with Crippen molar-refractivity contribution >= 4 is 23.4 Å². The van der Waals surface area contributed by atoms with E-state index in [0.29, 0.717) is 35.5 Å². The molecule has 1 saturated carbocycles. The fraction of sp³-hybridized carbons (Fsp3) is 0.320. The van der Waals surface area contributed by atoms with E-state index in [9.17, 15) is 9.59 Å². The fourth-order valence-electron chi connectivity index (χ4n) is 4.34. The van der Waals surface area contributed by atoms with E-state index in [1.54, 1.807) is 28.0 Å². The first-order valence-corrected chi connectivity index (χ1v) is 11.1. The Labute approximate surface area is 192 Å². The van der Waals surface area contributed by atoms with Gasteiger partial charge in [-0.1, -0.05) is 18.2 Å². The Morgan fingerprint density at radius 1 is 1.03 bits per heavy atom. The van der Waals surface area contributed by atoms with Crippen molar-refractivity contribution < 1.29 is 19.1 Å². The molecule has 2 aromatic carbocycles. The highest BCUT2D eigenvalue weighted by molar-refractivity contribution is 6.03. The van der Waals surface area contributed by atoms with Crippen LogP contribution in [0.4, 0.5) is 16.2 Å². The summed E-state index contributed by atoms with van der Waals surface area (Å²) in [5.74, 6) is 0.744. The number of rotatable bonds is 4. The normalized spacial score (nSPS) is 17.5. The molecule has 33 heavy (non-hydrogen) atoms. The van der Waals surface area contributed by atoms with Gasteiger partial charge in [0.1, 0.15) is 0 Å². The largest absolute Gasteiger partial charge is 0.493 e. The van der Waals surface area contributed by atoms with Crippen molar-refractivity contribution in [2.75, 3.05) is 23.5 Å². The SMILES string of the molecule is COc1ccccc1OC(=O)N1C[C@H](C)N(C(C)=O)c2ccc(-c3cnn(C4CC4)c3)cc21. The molecular formula is C25H26N4O4. The average Bonchev–Trinajstić information content (AvgIpc) is 3.54. The van der Waals surface area contributed by atoms with E-state index in [1.807, 2.05) is 48.3 Å². The van der Waals surface area contributed by atoms with Gasteiger partial charge < -0.3 is 14.4 Å². The molecule has 1 aromatic heterocycles. The highest BCUT2D eigenvalue weighted by Gasteiger charge is 2.35. The molecule has 1 fully saturated rings. The van der Waals surface area contributed by atoms with Crippen LogP contribution in [0.15, 0.2) is 54.9 Å². The van der Waals surface area contributed by atoms with Crippen LogP contribution in [-0.2, 0) is 4.79 Å². The first kappa shape index (κ1) is 21.1. The minimum atomic E-state index is -0.526. The quantitative estimate of drug-likeness (QED) is 0.583. The maximum atomic E-state index is 13.3. The Bertz CT molecular complexity index is 1220. The lowest BCUT2D eigenvalue weighted by Gasteiger charge is -2.40. The number of nitrogens with zero attached hydrogens (tertiary/aromatic N) is 4. The second-order valence-corrected chi connectivity index (χ2v) is 8.51. The third-order valence-corrected chi connectivity index (χ3v) is 6.10. The van der Waals surface area contributed by atoms with Gasteiger partial charge in [-0.05, 0) is 49.6 Å². The second kappa shape index (κ2) is 8.27. The van der Waals surface area contributed by atoms with Crippen LogP contribution in [-0.4, -0.2) is 41.5 Å². The maximum absolute atomic E-state index is 13.3. The number of fused-ring (bicyclic) bond motifs is 1. The number of ether oxygens (including phenoxy) is 2. The van der Waals surface area contributed by atoms with E-state index in [-0.39, 0.29) is 11.9 Å². The predicted octanol–water partition coefficient (Wildman–Crippen LogP) is 4.65. The minimum absolute atomic E-state index is 0.0733. The molecule has 8 nitrogen and oxygen atoms in total. The Balaban J connectivity index is 1.52. The number of hydrogen-bond donors (Lipinski definition) is 0. The van der Waals surface area contributed by atoms with Gasteiger partial charge in [-0.15, -0.1) is 0 Å². The molecule has 0 unspecified atom stereocenters. The predicted molar refractivity (Wildman–Crippen MR) is 125 cm³/mol. The summed E-state index contributed by atoms with van der Waals surface area (Å²) in [5, 5.41) is 4.48. The van der Waals surface area contributed by atoms with E-state index in [4.69, 9.17) is 9.47 Å². The molecule has 0 N–H and O–H groups in total. The molecule has 2 heterocycles. The van der Waals surface area contributed by atoms with Gasteiger partial charge in [0, 0.05) is 25.2 Å². The van der Waals surface area contributed by atoms with Crippen LogP contribution in [0.1, 0.15) is 32.7 Å². The van der Waals surface area contributed by atoms with E-state index in [1.165, 1.54) is 14.0 Å². The van der Waals surface area contributed by atoms with E-state index >= 15 is 0 Å². The first-order chi connectivity index (χ1) is 16.0. The van der Waals surface area contributed by atoms with Crippen molar-refractivity contribution in [3.63, 3.8) is 0 Å². The minimum Gasteiger partial charge on any atom is -0.493 e. The fourth-order valence-corrected chi connectivity index (χ4v) is 4.34. The molecule has 1 aliphatic heterocycles. The smallest absolute Gasteiger partial charge is 0.420 e. The van der Waals surface area contributed by atoms with Crippen LogP contribution >= 0.6 is 0 Å². The van der Waals surface area contributed by atoms with Crippen LogP contribution in [0.5, 0.6) is 11.5 Å². The summed E-state index contributed by atoms with van der Waals surface area (Å²) in [7, 11) is 1.53. The molecule has 170 valence electrons.